The number of aryl methyl sites for hydroxylation is 1. The van der Waals surface area contributed by atoms with E-state index >= 15 is 0 Å². The lowest BCUT2D eigenvalue weighted by Crippen LogP contribution is -2.33. The second-order valence-corrected chi connectivity index (χ2v) is 10.2. The van der Waals surface area contributed by atoms with Crippen molar-refractivity contribution in [3.63, 3.8) is 0 Å². The zero-order valence-electron chi connectivity index (χ0n) is 19.0. The maximum absolute atomic E-state index is 5.79. The molecule has 3 aromatic carbocycles. The van der Waals surface area contributed by atoms with E-state index in [2.05, 4.69) is 90.1 Å². The average Bonchev–Trinajstić information content (AvgIpc) is 2.69. The third-order valence-electron chi connectivity index (χ3n) is 7.13. The molecule has 29 heavy (non-hydrogen) atoms. The fraction of sp³-hybridized carbons (Fsp3) is 0.429. The van der Waals surface area contributed by atoms with Gasteiger partial charge in [-0.1, -0.05) is 63.6 Å². The third-order valence-corrected chi connectivity index (χ3v) is 7.13. The van der Waals surface area contributed by atoms with Crippen LogP contribution >= 0.6 is 0 Å². The zero-order chi connectivity index (χ0) is 21.0. The Morgan fingerprint density at radius 2 is 1.38 bits per heavy atom. The molecule has 152 valence electrons. The Balaban J connectivity index is 2.02. The van der Waals surface area contributed by atoms with Gasteiger partial charge < -0.3 is 4.74 Å². The predicted molar refractivity (Wildman–Crippen MR) is 125 cm³/mol. The summed E-state index contributed by atoms with van der Waals surface area (Å²) in [5, 5.41) is 2.66. The highest BCUT2D eigenvalue weighted by Gasteiger charge is 2.37. The smallest absolute Gasteiger partial charge is 0.0799 e. The Labute approximate surface area is 176 Å². The maximum atomic E-state index is 5.79. The summed E-state index contributed by atoms with van der Waals surface area (Å²) >= 11 is 0. The number of hydrogen-bond acceptors (Lipinski definition) is 1. The first-order valence-electron chi connectivity index (χ1n) is 10.8. The summed E-state index contributed by atoms with van der Waals surface area (Å²) in [5.41, 5.74) is 8.55. The molecular formula is C28H34O. The molecule has 1 atom stereocenters. The molecule has 4 rings (SSSR count). The van der Waals surface area contributed by atoms with E-state index < -0.39 is 0 Å². The van der Waals surface area contributed by atoms with Gasteiger partial charge in [0.05, 0.1) is 6.10 Å². The molecule has 0 saturated carbocycles. The van der Waals surface area contributed by atoms with Crippen LogP contribution in [0.4, 0.5) is 0 Å². The third kappa shape index (κ3) is 3.51. The van der Waals surface area contributed by atoms with Crippen LogP contribution in [0.1, 0.15) is 75.8 Å². The van der Waals surface area contributed by atoms with Gasteiger partial charge in [0.1, 0.15) is 0 Å². The number of rotatable bonds is 3. The van der Waals surface area contributed by atoms with Crippen LogP contribution in [0.15, 0.2) is 48.5 Å². The largest absolute Gasteiger partial charge is 0.377 e. The zero-order valence-corrected chi connectivity index (χ0v) is 19.0. The van der Waals surface area contributed by atoms with Gasteiger partial charge in [0.15, 0.2) is 0 Å². The van der Waals surface area contributed by atoms with E-state index in [1.54, 1.807) is 7.11 Å². The van der Waals surface area contributed by atoms with E-state index in [0.717, 1.165) is 0 Å². The predicted octanol–water partition coefficient (Wildman–Crippen LogP) is 7.87. The first kappa shape index (κ1) is 20.2. The van der Waals surface area contributed by atoms with Gasteiger partial charge in [-0.3, -0.25) is 0 Å². The van der Waals surface area contributed by atoms with E-state index in [1.807, 2.05) is 0 Å². The summed E-state index contributed by atoms with van der Waals surface area (Å²) in [4.78, 5) is 0. The van der Waals surface area contributed by atoms with Crippen molar-refractivity contribution in [2.24, 2.45) is 0 Å². The number of methoxy groups -OCH3 is 1. The van der Waals surface area contributed by atoms with Gasteiger partial charge >= 0.3 is 0 Å². The normalized spacial score (nSPS) is 18.4. The minimum Gasteiger partial charge on any atom is -0.377 e. The molecule has 0 spiro atoms. The molecule has 0 aliphatic heterocycles. The van der Waals surface area contributed by atoms with Gasteiger partial charge in [0.25, 0.3) is 0 Å². The molecule has 1 aliphatic carbocycles. The molecule has 1 aliphatic rings. The lowest BCUT2D eigenvalue weighted by Gasteiger charge is -2.42. The van der Waals surface area contributed by atoms with Crippen molar-refractivity contribution in [1.82, 2.24) is 0 Å². The van der Waals surface area contributed by atoms with Gasteiger partial charge in [-0.05, 0) is 94.3 Å². The SMILES string of the molecule is COC(C)c1cc(-c2ccc(C)cc2)cc2cc3c(cc12)C(C)(C)CCC3(C)C. The fourth-order valence-corrected chi connectivity index (χ4v) is 4.83. The van der Waals surface area contributed by atoms with E-state index in [-0.39, 0.29) is 16.9 Å². The van der Waals surface area contributed by atoms with E-state index in [1.165, 1.54) is 57.0 Å². The van der Waals surface area contributed by atoms with Crippen molar-refractivity contribution in [2.75, 3.05) is 7.11 Å². The van der Waals surface area contributed by atoms with Gasteiger partial charge in [0, 0.05) is 7.11 Å². The highest BCUT2D eigenvalue weighted by Crippen LogP contribution is 2.48. The fourth-order valence-electron chi connectivity index (χ4n) is 4.83. The molecule has 0 N–H and O–H groups in total. The first-order chi connectivity index (χ1) is 13.6. The lowest BCUT2D eigenvalue weighted by molar-refractivity contribution is 0.121. The van der Waals surface area contributed by atoms with E-state index in [4.69, 9.17) is 4.74 Å². The molecule has 0 radical (unpaired) electrons. The van der Waals surface area contributed by atoms with Crippen LogP contribution in [0.5, 0.6) is 0 Å². The molecule has 0 amide bonds. The first-order valence-corrected chi connectivity index (χ1v) is 10.8. The molecular weight excluding hydrogens is 352 g/mol. The van der Waals surface area contributed by atoms with Crippen molar-refractivity contribution in [1.29, 1.82) is 0 Å². The van der Waals surface area contributed by atoms with Crippen molar-refractivity contribution < 1.29 is 4.74 Å². The van der Waals surface area contributed by atoms with Crippen molar-refractivity contribution in [2.45, 2.75) is 71.3 Å². The Hall–Kier alpha value is -2.12. The Morgan fingerprint density at radius 3 is 1.97 bits per heavy atom. The van der Waals surface area contributed by atoms with E-state index in [0.29, 0.717) is 0 Å². The highest BCUT2D eigenvalue weighted by molar-refractivity contribution is 5.92. The summed E-state index contributed by atoms with van der Waals surface area (Å²) in [7, 11) is 1.81. The van der Waals surface area contributed by atoms with Crippen LogP contribution < -0.4 is 0 Å². The van der Waals surface area contributed by atoms with Crippen molar-refractivity contribution in [3.05, 3.63) is 70.8 Å². The molecule has 1 unspecified atom stereocenters. The highest BCUT2D eigenvalue weighted by atomic mass is 16.5. The summed E-state index contributed by atoms with van der Waals surface area (Å²) < 4.78 is 5.79. The molecule has 1 nitrogen and oxygen atoms in total. The molecule has 0 fully saturated rings. The molecule has 0 saturated heterocycles. The number of fused-ring (bicyclic) bond motifs is 2. The van der Waals surface area contributed by atoms with Crippen LogP contribution in [0.2, 0.25) is 0 Å². The summed E-state index contributed by atoms with van der Waals surface area (Å²) in [6.07, 6.45) is 2.52. The van der Waals surface area contributed by atoms with Crippen molar-refractivity contribution in [3.8, 4) is 11.1 Å². The minimum atomic E-state index is 0.0562. The van der Waals surface area contributed by atoms with Gasteiger partial charge in [-0.15, -0.1) is 0 Å². The van der Waals surface area contributed by atoms with Crippen LogP contribution in [0.3, 0.4) is 0 Å². The Bertz CT molecular complexity index is 1050. The summed E-state index contributed by atoms with van der Waals surface area (Å²) in [6.45, 7) is 13.9. The molecule has 0 bridgehead atoms. The second kappa shape index (κ2) is 6.99. The van der Waals surface area contributed by atoms with Gasteiger partial charge in [-0.25, -0.2) is 0 Å². The molecule has 0 heterocycles. The van der Waals surface area contributed by atoms with Crippen LogP contribution in [-0.4, -0.2) is 7.11 Å². The standard InChI is InChI=1S/C28H34O/c1-18-8-10-20(11-9-18)21-14-22-16-25-26(28(5,6)13-12-27(25,3)4)17-24(22)23(15-21)19(2)29-7/h8-11,14-17,19H,12-13H2,1-7H3. The number of hydrogen-bond donors (Lipinski definition) is 0. The second-order valence-electron chi connectivity index (χ2n) is 10.2. The Morgan fingerprint density at radius 1 is 0.793 bits per heavy atom. The minimum absolute atomic E-state index is 0.0562. The monoisotopic (exact) mass is 386 g/mol. The van der Waals surface area contributed by atoms with Crippen LogP contribution in [0, 0.1) is 6.92 Å². The maximum Gasteiger partial charge on any atom is 0.0799 e. The summed E-state index contributed by atoms with van der Waals surface area (Å²) in [5.74, 6) is 0. The summed E-state index contributed by atoms with van der Waals surface area (Å²) in [6, 6.07) is 18.5. The average molecular weight is 387 g/mol. The van der Waals surface area contributed by atoms with Gasteiger partial charge in [0.2, 0.25) is 0 Å². The Kier molecular flexibility index (Phi) is 4.86. The van der Waals surface area contributed by atoms with E-state index in [9.17, 15) is 0 Å². The molecule has 1 heteroatoms. The molecule has 3 aromatic rings. The number of ether oxygens (including phenoxy) is 1. The van der Waals surface area contributed by atoms with Crippen LogP contribution in [0.25, 0.3) is 21.9 Å². The lowest BCUT2D eigenvalue weighted by atomic mass is 9.62. The topological polar surface area (TPSA) is 9.23 Å². The number of benzene rings is 3. The van der Waals surface area contributed by atoms with Gasteiger partial charge in [-0.2, -0.15) is 0 Å². The molecule has 0 aromatic heterocycles. The quantitative estimate of drug-likeness (QED) is 0.445. The van der Waals surface area contributed by atoms with Crippen LogP contribution in [-0.2, 0) is 15.6 Å². The van der Waals surface area contributed by atoms with Crippen molar-refractivity contribution >= 4 is 10.8 Å².